The molecule has 0 amide bonds. The minimum absolute atomic E-state index is 0. The van der Waals surface area contributed by atoms with Gasteiger partial charge in [0.15, 0.2) is 0 Å². The molecular weight excluding hydrogens is 215 g/mol. The van der Waals surface area contributed by atoms with Crippen LogP contribution < -0.4 is 18.9 Å². The zero-order valence-corrected chi connectivity index (χ0v) is 8.82. The summed E-state index contributed by atoms with van der Waals surface area (Å²) in [4.78, 5) is 9.92. The van der Waals surface area contributed by atoms with Gasteiger partial charge in [0.1, 0.15) is 10.1 Å². The van der Waals surface area contributed by atoms with Crippen LogP contribution in [0.2, 0.25) is 0 Å². The summed E-state index contributed by atoms with van der Waals surface area (Å²) in [7, 11) is -4.45. The van der Waals surface area contributed by atoms with Crippen LogP contribution in [0, 0.1) is 0 Å². The van der Waals surface area contributed by atoms with Crippen LogP contribution in [0.1, 0.15) is 5.56 Å². The first-order valence-corrected chi connectivity index (χ1v) is 5.07. The summed E-state index contributed by atoms with van der Waals surface area (Å²) in [5.74, 6) is -1.01. The van der Waals surface area contributed by atoms with Crippen molar-refractivity contribution in [3.8, 4) is 0 Å². The van der Waals surface area contributed by atoms with Crippen LogP contribution in [-0.4, -0.2) is 24.0 Å². The third-order valence-corrected chi connectivity index (χ3v) is 2.42. The molecule has 5 nitrogen and oxygen atoms in total. The number of carbonyl (C=O) groups is 1. The first-order valence-electron chi connectivity index (χ1n) is 3.66. The number of carboxylic acids is 1. The van der Waals surface area contributed by atoms with Gasteiger partial charge < -0.3 is 9.66 Å². The van der Waals surface area contributed by atoms with E-state index in [9.17, 15) is 17.8 Å². The quantitative estimate of drug-likeness (QED) is 0.441. The van der Waals surface area contributed by atoms with Crippen LogP contribution in [0.3, 0.4) is 0 Å². The predicted molar refractivity (Wildman–Crippen MR) is 45.7 cm³/mol. The Morgan fingerprint density at radius 3 is 2.07 bits per heavy atom. The van der Waals surface area contributed by atoms with Gasteiger partial charge >= 0.3 is 24.8 Å². The van der Waals surface area contributed by atoms with Crippen molar-refractivity contribution < 1.29 is 41.7 Å². The van der Waals surface area contributed by atoms with E-state index >= 15 is 0 Å². The van der Waals surface area contributed by atoms with E-state index in [1.165, 1.54) is 12.1 Å². The molecule has 0 fully saturated rings. The fourth-order valence-corrected chi connectivity index (χ4v) is 1.42. The average Bonchev–Trinajstić information content (AvgIpc) is 2.02. The summed E-state index contributed by atoms with van der Waals surface area (Å²) < 4.78 is 31.5. The van der Waals surface area contributed by atoms with Gasteiger partial charge in [-0.05, 0) is 17.7 Å². The average molecular weight is 222 g/mol. The molecule has 0 saturated heterocycles. The number of benzene rings is 1. The molecule has 1 rings (SSSR count). The van der Waals surface area contributed by atoms with Crippen LogP contribution in [0.4, 0.5) is 0 Å². The number of rotatable bonds is 3. The van der Waals surface area contributed by atoms with Crippen LogP contribution in [0.15, 0.2) is 29.2 Å². The minimum atomic E-state index is -4.45. The maximum atomic E-state index is 10.5. The molecule has 0 aromatic heterocycles. The van der Waals surface area contributed by atoms with Gasteiger partial charge in [0.2, 0.25) is 0 Å². The molecule has 0 aliphatic carbocycles. The predicted octanol–water partition coefficient (Wildman–Crippen LogP) is -2.78. The maximum absolute atomic E-state index is 10.5. The van der Waals surface area contributed by atoms with E-state index in [4.69, 9.17) is 5.11 Å². The van der Waals surface area contributed by atoms with Gasteiger partial charge in [-0.25, -0.2) is 8.42 Å². The molecule has 1 aromatic carbocycles. The summed E-state index contributed by atoms with van der Waals surface area (Å²) in [6.07, 6.45) is -0.195. The van der Waals surface area contributed by atoms with Gasteiger partial charge in [0.25, 0.3) is 0 Å². The van der Waals surface area contributed by atoms with Crippen molar-refractivity contribution in [2.75, 3.05) is 0 Å². The first-order chi connectivity index (χ1) is 6.39. The van der Waals surface area contributed by atoms with Crippen LogP contribution in [0.25, 0.3) is 0 Å². The molecule has 0 unspecified atom stereocenters. The largest absolute Gasteiger partial charge is 1.00 e. The van der Waals surface area contributed by atoms with Crippen LogP contribution in [-0.2, 0) is 21.3 Å². The summed E-state index contributed by atoms with van der Waals surface area (Å²) >= 11 is 0. The standard InChI is InChI=1S/C8H8O5S.Li/c9-8(10)5-6-1-3-7(4-2-6)14(11,12)13;/h1-4H,5H2,(H,9,10)(H,11,12,13);/q;+1/p-1. The van der Waals surface area contributed by atoms with Crippen molar-refractivity contribution in [3.05, 3.63) is 29.8 Å². The van der Waals surface area contributed by atoms with Crippen molar-refractivity contribution >= 4 is 16.1 Å². The van der Waals surface area contributed by atoms with E-state index < -0.39 is 16.1 Å². The van der Waals surface area contributed by atoms with Gasteiger partial charge in [0, 0.05) is 0 Å². The van der Waals surface area contributed by atoms with E-state index in [0.717, 1.165) is 12.1 Å². The second-order valence-electron chi connectivity index (χ2n) is 2.67. The molecule has 0 bridgehead atoms. The fraction of sp³-hybridized carbons (Fsp3) is 0.125. The normalized spacial score (nSPS) is 10.5. The van der Waals surface area contributed by atoms with Gasteiger partial charge in [-0.3, -0.25) is 4.79 Å². The Balaban J connectivity index is 0.00000196. The molecule has 0 heterocycles. The number of aliphatic carboxylic acids is 1. The van der Waals surface area contributed by atoms with Crippen molar-refractivity contribution in [3.63, 3.8) is 0 Å². The van der Waals surface area contributed by atoms with Crippen molar-refractivity contribution in [1.82, 2.24) is 0 Å². The zero-order chi connectivity index (χ0) is 10.8. The number of carboxylic acid groups (broad SMARTS) is 1. The van der Waals surface area contributed by atoms with E-state index in [1.807, 2.05) is 0 Å². The molecule has 0 spiro atoms. The van der Waals surface area contributed by atoms with E-state index in [1.54, 1.807) is 0 Å². The van der Waals surface area contributed by atoms with Crippen molar-refractivity contribution in [2.45, 2.75) is 11.3 Å². The second-order valence-corrected chi connectivity index (χ2v) is 4.05. The van der Waals surface area contributed by atoms with Crippen LogP contribution in [0.5, 0.6) is 0 Å². The van der Waals surface area contributed by atoms with Gasteiger partial charge in [-0.15, -0.1) is 0 Å². The first kappa shape index (κ1) is 14.2. The van der Waals surface area contributed by atoms with E-state index in [2.05, 4.69) is 0 Å². The Hall–Kier alpha value is -0.803. The third kappa shape index (κ3) is 4.49. The summed E-state index contributed by atoms with van der Waals surface area (Å²) in [6, 6.07) is 4.80. The minimum Gasteiger partial charge on any atom is -0.744 e. The Morgan fingerprint density at radius 2 is 1.73 bits per heavy atom. The Kier molecular flexibility index (Phi) is 5.04. The maximum Gasteiger partial charge on any atom is 1.00 e. The van der Waals surface area contributed by atoms with Crippen molar-refractivity contribution in [2.24, 2.45) is 0 Å². The summed E-state index contributed by atoms with van der Waals surface area (Å²) in [6.45, 7) is 0. The molecule has 1 N–H and O–H groups in total. The Morgan fingerprint density at radius 1 is 1.27 bits per heavy atom. The molecule has 76 valence electrons. The number of hydrogen-bond acceptors (Lipinski definition) is 4. The topological polar surface area (TPSA) is 94.5 Å². The van der Waals surface area contributed by atoms with Gasteiger partial charge in [-0.1, -0.05) is 12.1 Å². The van der Waals surface area contributed by atoms with E-state index in [0.29, 0.717) is 5.56 Å². The number of hydrogen-bond donors (Lipinski definition) is 1. The molecule has 0 atom stereocenters. The molecule has 0 aliphatic heterocycles. The third-order valence-electron chi connectivity index (χ3n) is 1.57. The molecule has 0 radical (unpaired) electrons. The molecule has 15 heavy (non-hydrogen) atoms. The monoisotopic (exact) mass is 222 g/mol. The molecule has 7 heteroatoms. The summed E-state index contributed by atoms with van der Waals surface area (Å²) in [5, 5.41) is 8.42. The second kappa shape index (κ2) is 5.33. The Bertz CT molecular complexity index is 437. The SMILES string of the molecule is O=C(O)Cc1ccc(S(=O)(=O)[O-])cc1.[Li+]. The molecule has 0 saturated carbocycles. The molecule has 1 aromatic rings. The van der Waals surface area contributed by atoms with Crippen LogP contribution >= 0.6 is 0 Å². The van der Waals surface area contributed by atoms with Gasteiger partial charge in [0.05, 0.1) is 11.3 Å². The van der Waals surface area contributed by atoms with Crippen molar-refractivity contribution in [1.29, 1.82) is 0 Å². The Labute approximate surface area is 99.0 Å². The molecule has 0 aliphatic rings. The summed E-state index contributed by atoms with van der Waals surface area (Å²) in [5.41, 5.74) is 0.449. The fourth-order valence-electron chi connectivity index (χ4n) is 0.949. The van der Waals surface area contributed by atoms with E-state index in [-0.39, 0.29) is 30.2 Å². The molecular formula is C8H7LiO5S. The van der Waals surface area contributed by atoms with Gasteiger partial charge in [-0.2, -0.15) is 0 Å². The zero-order valence-electron chi connectivity index (χ0n) is 8.00. The smallest absolute Gasteiger partial charge is 0.744 e.